The summed E-state index contributed by atoms with van der Waals surface area (Å²) in [5, 5.41) is 2.88. The SMILES string of the molecule is [B]c1cccc2c1[nH]c1cccc(Cl)c12. The van der Waals surface area contributed by atoms with Crippen LogP contribution in [0.1, 0.15) is 0 Å². The van der Waals surface area contributed by atoms with E-state index in [1.54, 1.807) is 0 Å². The standard InChI is InChI=1S/C12H7BClN/c13-8-4-1-3-7-11-9(14)5-2-6-10(11)15-12(7)8/h1-6,15H. The average Bonchev–Trinajstić information content (AvgIpc) is 2.59. The first-order valence-corrected chi connectivity index (χ1v) is 5.09. The molecule has 70 valence electrons. The van der Waals surface area contributed by atoms with Crippen LogP contribution in [0.2, 0.25) is 5.02 Å². The van der Waals surface area contributed by atoms with Crippen LogP contribution in [0, 0.1) is 0 Å². The molecule has 0 amide bonds. The highest BCUT2D eigenvalue weighted by Gasteiger charge is 2.07. The van der Waals surface area contributed by atoms with E-state index in [0.717, 1.165) is 32.3 Å². The third-order valence-electron chi connectivity index (χ3n) is 2.64. The molecule has 2 aromatic carbocycles. The quantitative estimate of drug-likeness (QED) is 0.550. The Balaban J connectivity index is 2.65. The molecule has 0 saturated heterocycles. The van der Waals surface area contributed by atoms with E-state index in [0.29, 0.717) is 0 Å². The molecule has 1 N–H and O–H groups in total. The Hall–Kier alpha value is -1.41. The summed E-state index contributed by atoms with van der Waals surface area (Å²) in [6, 6.07) is 11.7. The molecule has 0 aliphatic rings. The van der Waals surface area contributed by atoms with E-state index >= 15 is 0 Å². The second kappa shape index (κ2) is 3.04. The van der Waals surface area contributed by atoms with Gasteiger partial charge in [-0.25, -0.2) is 0 Å². The van der Waals surface area contributed by atoms with Crippen LogP contribution in [-0.4, -0.2) is 12.8 Å². The van der Waals surface area contributed by atoms with Crippen LogP contribution in [0.4, 0.5) is 0 Å². The number of benzene rings is 2. The van der Waals surface area contributed by atoms with Gasteiger partial charge in [-0.2, -0.15) is 0 Å². The van der Waals surface area contributed by atoms with Gasteiger partial charge >= 0.3 is 0 Å². The molecule has 0 aliphatic heterocycles. The predicted octanol–water partition coefficient (Wildman–Crippen LogP) is 2.77. The molecular formula is C12H7BClN. The van der Waals surface area contributed by atoms with Gasteiger partial charge in [-0.15, -0.1) is 0 Å². The van der Waals surface area contributed by atoms with Gasteiger partial charge in [-0.1, -0.05) is 41.3 Å². The minimum Gasteiger partial charge on any atom is -0.355 e. The summed E-state index contributed by atoms with van der Waals surface area (Å²) in [4.78, 5) is 3.28. The highest BCUT2D eigenvalue weighted by Crippen LogP contribution is 2.29. The largest absolute Gasteiger partial charge is 0.355 e. The number of halogens is 1. The Labute approximate surface area is 93.5 Å². The Morgan fingerprint density at radius 1 is 1.07 bits per heavy atom. The molecule has 0 spiro atoms. The number of rotatable bonds is 0. The van der Waals surface area contributed by atoms with Crippen LogP contribution in [-0.2, 0) is 0 Å². The molecular weight excluding hydrogens is 204 g/mol. The molecule has 1 heterocycles. The number of fused-ring (bicyclic) bond motifs is 3. The van der Waals surface area contributed by atoms with Crippen LogP contribution in [0.5, 0.6) is 0 Å². The van der Waals surface area contributed by atoms with Crippen molar-refractivity contribution < 1.29 is 0 Å². The molecule has 15 heavy (non-hydrogen) atoms. The van der Waals surface area contributed by atoms with Crippen LogP contribution in [0.3, 0.4) is 0 Å². The summed E-state index contributed by atoms with van der Waals surface area (Å²) in [5.74, 6) is 0. The molecule has 3 aromatic rings. The maximum Gasteiger partial charge on any atom is 0.116 e. The van der Waals surface area contributed by atoms with Gasteiger partial charge < -0.3 is 4.98 Å². The fraction of sp³-hybridized carbons (Fsp3) is 0. The van der Waals surface area contributed by atoms with Crippen LogP contribution in [0.15, 0.2) is 36.4 Å². The summed E-state index contributed by atoms with van der Waals surface area (Å²) >= 11 is 6.17. The number of H-pyrrole nitrogens is 1. The summed E-state index contributed by atoms with van der Waals surface area (Å²) in [5.41, 5.74) is 2.73. The molecule has 0 fully saturated rings. The van der Waals surface area contributed by atoms with Gasteiger partial charge in [0.2, 0.25) is 0 Å². The Kier molecular flexibility index (Phi) is 1.80. The van der Waals surface area contributed by atoms with Gasteiger partial charge in [0.25, 0.3) is 0 Å². The Bertz CT molecular complexity index is 657. The number of nitrogens with one attached hydrogen (secondary N) is 1. The molecule has 1 nitrogen and oxygen atoms in total. The molecule has 0 bridgehead atoms. The maximum absolute atomic E-state index is 6.17. The normalized spacial score (nSPS) is 11.3. The van der Waals surface area contributed by atoms with E-state index in [1.807, 2.05) is 36.4 Å². The molecule has 0 atom stereocenters. The number of hydrogen-bond donors (Lipinski definition) is 1. The fourth-order valence-electron chi connectivity index (χ4n) is 1.95. The van der Waals surface area contributed by atoms with E-state index in [9.17, 15) is 0 Å². The zero-order valence-corrected chi connectivity index (χ0v) is 8.68. The van der Waals surface area contributed by atoms with Crippen LogP contribution < -0.4 is 5.46 Å². The van der Waals surface area contributed by atoms with Crippen molar-refractivity contribution in [3.63, 3.8) is 0 Å². The topological polar surface area (TPSA) is 15.8 Å². The molecule has 0 saturated carbocycles. The lowest BCUT2D eigenvalue weighted by atomic mass is 9.94. The predicted molar refractivity (Wildman–Crippen MR) is 66.2 cm³/mol. The summed E-state index contributed by atoms with van der Waals surface area (Å²) in [6.45, 7) is 0. The molecule has 0 unspecified atom stereocenters. The van der Waals surface area contributed by atoms with E-state index in [4.69, 9.17) is 19.4 Å². The number of aromatic nitrogens is 1. The molecule has 3 heteroatoms. The van der Waals surface area contributed by atoms with Crippen molar-refractivity contribution in [1.82, 2.24) is 4.98 Å². The highest BCUT2D eigenvalue weighted by atomic mass is 35.5. The van der Waals surface area contributed by atoms with Gasteiger partial charge in [0.15, 0.2) is 0 Å². The number of para-hydroxylation sites is 1. The summed E-state index contributed by atoms with van der Waals surface area (Å²) in [6.07, 6.45) is 0. The van der Waals surface area contributed by atoms with Crippen molar-refractivity contribution in [3.8, 4) is 0 Å². The van der Waals surface area contributed by atoms with Crippen molar-refractivity contribution in [3.05, 3.63) is 41.4 Å². The van der Waals surface area contributed by atoms with Gasteiger partial charge in [0, 0.05) is 21.8 Å². The van der Waals surface area contributed by atoms with Crippen molar-refractivity contribution in [2.45, 2.75) is 0 Å². The van der Waals surface area contributed by atoms with E-state index < -0.39 is 0 Å². The molecule has 2 radical (unpaired) electrons. The average molecular weight is 211 g/mol. The third-order valence-corrected chi connectivity index (χ3v) is 2.95. The van der Waals surface area contributed by atoms with Gasteiger partial charge in [0.05, 0.1) is 5.02 Å². The Morgan fingerprint density at radius 2 is 1.87 bits per heavy atom. The lowest BCUT2D eigenvalue weighted by Crippen LogP contribution is -2.01. The van der Waals surface area contributed by atoms with E-state index in [2.05, 4.69) is 4.98 Å². The monoisotopic (exact) mass is 211 g/mol. The van der Waals surface area contributed by atoms with Crippen molar-refractivity contribution >= 4 is 46.7 Å². The first-order chi connectivity index (χ1) is 7.27. The van der Waals surface area contributed by atoms with Gasteiger partial charge in [-0.05, 0) is 12.1 Å². The van der Waals surface area contributed by atoms with Gasteiger partial charge in [-0.3, -0.25) is 0 Å². The minimum absolute atomic E-state index is 0.750. The second-order valence-electron chi connectivity index (χ2n) is 3.56. The fourth-order valence-corrected chi connectivity index (χ4v) is 2.23. The second-order valence-corrected chi connectivity index (χ2v) is 3.96. The number of aromatic amines is 1. The molecule has 3 rings (SSSR count). The van der Waals surface area contributed by atoms with Crippen molar-refractivity contribution in [1.29, 1.82) is 0 Å². The first kappa shape index (κ1) is 8.87. The molecule has 0 aliphatic carbocycles. The van der Waals surface area contributed by atoms with Crippen LogP contribution in [0.25, 0.3) is 21.8 Å². The van der Waals surface area contributed by atoms with Crippen molar-refractivity contribution in [2.24, 2.45) is 0 Å². The third kappa shape index (κ3) is 1.18. The van der Waals surface area contributed by atoms with Crippen molar-refractivity contribution in [2.75, 3.05) is 0 Å². The minimum atomic E-state index is 0.750. The number of hydrogen-bond acceptors (Lipinski definition) is 0. The van der Waals surface area contributed by atoms with E-state index in [-0.39, 0.29) is 0 Å². The zero-order chi connectivity index (χ0) is 10.4. The zero-order valence-electron chi connectivity index (χ0n) is 7.92. The summed E-state index contributed by atoms with van der Waals surface area (Å²) in [7, 11) is 5.90. The lowest BCUT2D eigenvalue weighted by molar-refractivity contribution is 1.56. The summed E-state index contributed by atoms with van der Waals surface area (Å²) < 4.78 is 0. The first-order valence-electron chi connectivity index (χ1n) is 4.72. The van der Waals surface area contributed by atoms with Crippen LogP contribution >= 0.6 is 11.6 Å². The molecule has 1 aromatic heterocycles. The lowest BCUT2D eigenvalue weighted by Gasteiger charge is -1.95. The van der Waals surface area contributed by atoms with E-state index in [1.165, 1.54) is 0 Å². The maximum atomic E-state index is 6.17. The highest BCUT2D eigenvalue weighted by molar-refractivity contribution is 6.42. The smallest absolute Gasteiger partial charge is 0.116 e. The Morgan fingerprint density at radius 3 is 2.73 bits per heavy atom. The van der Waals surface area contributed by atoms with Gasteiger partial charge in [0.1, 0.15) is 7.85 Å².